The van der Waals surface area contributed by atoms with Gasteiger partial charge in [0.1, 0.15) is 5.76 Å². The van der Waals surface area contributed by atoms with E-state index in [1.165, 1.54) is 6.08 Å². The zero-order valence-corrected chi connectivity index (χ0v) is 7.74. The van der Waals surface area contributed by atoms with Crippen LogP contribution in [0.15, 0.2) is 23.7 Å². The third kappa shape index (κ3) is 2.01. The molecule has 0 bridgehead atoms. The molecule has 0 radical (unpaired) electrons. The minimum absolute atomic E-state index is 0.199. The van der Waals surface area contributed by atoms with E-state index in [2.05, 4.69) is 0 Å². The smallest absolute Gasteiger partial charge is 0.160 e. The topological polar surface area (TPSA) is 20.2 Å². The van der Waals surface area contributed by atoms with Crippen LogP contribution in [0.1, 0.15) is 26.2 Å². The van der Waals surface area contributed by atoms with Crippen LogP contribution in [-0.4, -0.2) is 9.98 Å². The molecule has 68 valence electrons. The van der Waals surface area contributed by atoms with E-state index in [9.17, 15) is 4.39 Å². The van der Waals surface area contributed by atoms with Gasteiger partial charge in [-0.1, -0.05) is 19.4 Å². The fourth-order valence-electron chi connectivity index (χ4n) is 1.33. The summed E-state index contributed by atoms with van der Waals surface area (Å²) in [5.74, 6) is -0.802. The Morgan fingerprint density at radius 2 is 2.42 bits per heavy atom. The van der Waals surface area contributed by atoms with E-state index in [0.29, 0.717) is 0 Å². The molecule has 1 aliphatic rings. The van der Waals surface area contributed by atoms with E-state index in [-0.39, 0.29) is 12.2 Å². The van der Waals surface area contributed by atoms with Crippen molar-refractivity contribution in [1.82, 2.24) is 0 Å². The van der Waals surface area contributed by atoms with Crippen LogP contribution < -0.4 is 0 Å². The summed E-state index contributed by atoms with van der Waals surface area (Å²) >= 11 is 6.09. The largest absolute Gasteiger partial charge is 0.509 e. The number of rotatable bonds is 2. The Bertz CT molecular complexity index is 235. The molecule has 0 aromatic carbocycles. The van der Waals surface area contributed by atoms with Crippen molar-refractivity contribution in [1.29, 1.82) is 0 Å². The van der Waals surface area contributed by atoms with Crippen molar-refractivity contribution < 1.29 is 9.50 Å². The summed E-state index contributed by atoms with van der Waals surface area (Å²) in [6.07, 6.45) is 4.73. The summed E-state index contributed by atoms with van der Waals surface area (Å²) in [4.78, 5) is -0.575. The normalized spacial score (nSPS) is 29.6. The lowest BCUT2D eigenvalue weighted by molar-refractivity contribution is 0.341. The van der Waals surface area contributed by atoms with Gasteiger partial charge in [0.05, 0.1) is 4.87 Å². The van der Waals surface area contributed by atoms with Crippen LogP contribution in [0.5, 0.6) is 0 Å². The maximum atomic E-state index is 12.6. The third-order valence-electron chi connectivity index (χ3n) is 1.93. The van der Waals surface area contributed by atoms with Gasteiger partial charge in [-0.25, -0.2) is 4.39 Å². The fraction of sp³-hybridized carbons (Fsp3) is 0.556. The summed E-state index contributed by atoms with van der Waals surface area (Å²) in [7, 11) is 0. The molecule has 0 spiro atoms. The second kappa shape index (κ2) is 3.48. The number of allylic oxidation sites excluding steroid dienone is 4. The molecule has 0 heterocycles. The van der Waals surface area contributed by atoms with E-state index in [0.717, 1.165) is 12.8 Å². The van der Waals surface area contributed by atoms with Crippen LogP contribution in [0.4, 0.5) is 4.39 Å². The Morgan fingerprint density at radius 1 is 1.75 bits per heavy atom. The average Bonchev–Trinajstić information content (AvgIpc) is 1.98. The van der Waals surface area contributed by atoms with Crippen LogP contribution in [0.2, 0.25) is 0 Å². The van der Waals surface area contributed by atoms with Crippen molar-refractivity contribution in [2.24, 2.45) is 0 Å². The summed E-state index contributed by atoms with van der Waals surface area (Å²) in [6, 6.07) is 0. The summed E-state index contributed by atoms with van der Waals surface area (Å²) in [5, 5.41) is 9.11. The van der Waals surface area contributed by atoms with Gasteiger partial charge in [0.2, 0.25) is 0 Å². The van der Waals surface area contributed by atoms with Crippen molar-refractivity contribution in [2.75, 3.05) is 0 Å². The Hall–Kier alpha value is -0.500. The van der Waals surface area contributed by atoms with E-state index in [4.69, 9.17) is 16.7 Å². The van der Waals surface area contributed by atoms with E-state index >= 15 is 0 Å². The first-order chi connectivity index (χ1) is 5.57. The van der Waals surface area contributed by atoms with Gasteiger partial charge in [-0.05, 0) is 12.5 Å². The van der Waals surface area contributed by atoms with Gasteiger partial charge in [0, 0.05) is 6.42 Å². The van der Waals surface area contributed by atoms with E-state index < -0.39 is 10.7 Å². The molecular weight excluding hydrogens is 179 g/mol. The van der Waals surface area contributed by atoms with Crippen molar-refractivity contribution >= 4 is 11.6 Å². The zero-order chi connectivity index (χ0) is 9.19. The van der Waals surface area contributed by atoms with Crippen LogP contribution in [0, 0.1) is 0 Å². The molecule has 1 atom stereocenters. The molecule has 1 N–H and O–H groups in total. The Balaban J connectivity index is 2.72. The predicted octanol–water partition coefficient (Wildman–Crippen LogP) is 3.46. The van der Waals surface area contributed by atoms with Crippen molar-refractivity contribution in [3.63, 3.8) is 0 Å². The summed E-state index contributed by atoms with van der Waals surface area (Å²) in [6.45, 7) is 2.00. The molecular formula is C9H12ClFO. The van der Waals surface area contributed by atoms with Gasteiger partial charge in [-0.3, -0.25) is 0 Å². The lowest BCUT2D eigenvalue weighted by atomic mass is 9.93. The highest BCUT2D eigenvalue weighted by atomic mass is 35.5. The molecule has 0 fully saturated rings. The lowest BCUT2D eigenvalue weighted by Crippen LogP contribution is -2.21. The molecule has 1 nitrogen and oxygen atoms in total. The Morgan fingerprint density at radius 3 is 2.92 bits per heavy atom. The molecule has 1 unspecified atom stereocenters. The zero-order valence-electron chi connectivity index (χ0n) is 6.98. The SMILES string of the molecule is CCCC1(Cl)C=CC(F)=C(O)C1. The lowest BCUT2D eigenvalue weighted by Gasteiger charge is -2.24. The molecule has 0 aliphatic heterocycles. The van der Waals surface area contributed by atoms with Crippen molar-refractivity contribution in [3.8, 4) is 0 Å². The minimum Gasteiger partial charge on any atom is -0.509 e. The number of aliphatic hydroxyl groups excluding tert-OH is 1. The maximum absolute atomic E-state index is 12.6. The molecule has 1 rings (SSSR count). The fourth-order valence-corrected chi connectivity index (χ4v) is 1.71. The van der Waals surface area contributed by atoms with Gasteiger partial charge in [-0.15, -0.1) is 11.6 Å². The van der Waals surface area contributed by atoms with E-state index in [1.807, 2.05) is 6.92 Å². The van der Waals surface area contributed by atoms with Gasteiger partial charge in [-0.2, -0.15) is 0 Å². The van der Waals surface area contributed by atoms with Crippen molar-refractivity contribution in [3.05, 3.63) is 23.7 Å². The molecule has 0 saturated carbocycles. The van der Waals surface area contributed by atoms with Crippen LogP contribution >= 0.6 is 11.6 Å². The Labute approximate surface area is 76.5 Å². The Kier molecular flexibility index (Phi) is 2.78. The monoisotopic (exact) mass is 190 g/mol. The summed E-state index contributed by atoms with van der Waals surface area (Å²) < 4.78 is 12.6. The number of hydrogen-bond acceptors (Lipinski definition) is 1. The number of aliphatic hydroxyl groups is 1. The molecule has 12 heavy (non-hydrogen) atoms. The molecule has 0 aromatic rings. The minimum atomic E-state index is -0.575. The maximum Gasteiger partial charge on any atom is 0.160 e. The first-order valence-corrected chi connectivity index (χ1v) is 4.41. The highest BCUT2D eigenvalue weighted by molar-refractivity contribution is 6.25. The second-order valence-electron chi connectivity index (χ2n) is 3.09. The highest BCUT2D eigenvalue weighted by Gasteiger charge is 2.28. The molecule has 0 amide bonds. The molecule has 0 aromatic heterocycles. The third-order valence-corrected chi connectivity index (χ3v) is 2.38. The molecule has 0 saturated heterocycles. The van der Waals surface area contributed by atoms with Gasteiger partial charge < -0.3 is 5.11 Å². The predicted molar refractivity (Wildman–Crippen MR) is 48.0 cm³/mol. The van der Waals surface area contributed by atoms with Crippen LogP contribution in [0.25, 0.3) is 0 Å². The van der Waals surface area contributed by atoms with Gasteiger partial charge in [0.25, 0.3) is 0 Å². The summed E-state index contributed by atoms with van der Waals surface area (Å²) in [5.41, 5.74) is 0. The van der Waals surface area contributed by atoms with Crippen LogP contribution in [-0.2, 0) is 0 Å². The van der Waals surface area contributed by atoms with Crippen LogP contribution in [0.3, 0.4) is 0 Å². The highest BCUT2D eigenvalue weighted by Crippen LogP contribution is 2.35. The second-order valence-corrected chi connectivity index (χ2v) is 3.84. The first-order valence-electron chi connectivity index (χ1n) is 4.03. The average molecular weight is 191 g/mol. The van der Waals surface area contributed by atoms with Gasteiger partial charge in [0.15, 0.2) is 5.83 Å². The van der Waals surface area contributed by atoms with Crippen molar-refractivity contribution in [2.45, 2.75) is 31.1 Å². The molecule has 3 heteroatoms. The number of hydrogen-bond donors (Lipinski definition) is 1. The standard InChI is InChI=1S/C9H12ClFO/c1-2-4-9(10)5-3-7(11)8(12)6-9/h3,5,12H,2,4,6H2,1H3. The van der Waals surface area contributed by atoms with E-state index in [1.54, 1.807) is 6.08 Å². The van der Waals surface area contributed by atoms with Gasteiger partial charge >= 0.3 is 0 Å². The number of alkyl halides is 1. The quantitative estimate of drug-likeness (QED) is 0.662. The molecule has 1 aliphatic carbocycles. The first kappa shape index (κ1) is 9.59. The number of halogens is 2.